The minimum atomic E-state index is -3.69. The molecular formula is C16H13ClN2O2S. The van der Waals surface area contributed by atoms with E-state index in [4.69, 9.17) is 11.6 Å². The fourth-order valence-electron chi connectivity index (χ4n) is 2.19. The lowest BCUT2D eigenvalue weighted by molar-refractivity contribution is 0.601. The molecule has 3 rings (SSSR count). The largest absolute Gasteiger partial charge is 0.263 e. The maximum atomic E-state index is 12.5. The Labute approximate surface area is 133 Å². The molecular weight excluding hydrogens is 320 g/mol. The molecule has 0 unspecified atom stereocenters. The summed E-state index contributed by atoms with van der Waals surface area (Å²) in [4.78, 5) is 4.32. The molecule has 0 aliphatic rings. The lowest BCUT2D eigenvalue weighted by atomic mass is 10.1. The van der Waals surface area contributed by atoms with Crippen molar-refractivity contribution in [2.24, 2.45) is 0 Å². The zero-order chi connectivity index (χ0) is 15.7. The summed E-state index contributed by atoms with van der Waals surface area (Å²) in [5.74, 6) is 0.297. The van der Waals surface area contributed by atoms with Gasteiger partial charge in [-0.2, -0.15) is 0 Å². The van der Waals surface area contributed by atoms with Gasteiger partial charge in [0.2, 0.25) is 0 Å². The molecule has 1 aromatic heterocycles. The Balaban J connectivity index is 2.02. The van der Waals surface area contributed by atoms with Crippen molar-refractivity contribution in [1.82, 2.24) is 4.98 Å². The van der Waals surface area contributed by atoms with E-state index in [2.05, 4.69) is 9.71 Å². The van der Waals surface area contributed by atoms with Crippen molar-refractivity contribution in [3.05, 3.63) is 65.3 Å². The molecule has 3 aromatic rings. The fraction of sp³-hybridized carbons (Fsp3) is 0.0625. The standard InChI is InChI=1S/C16H13ClN2O2S/c1-11-4-2-7-16(18-11)19-22(20,21)13-8-9-14-12(10-13)5-3-6-15(14)17/h2-10H,1H3,(H,18,19). The van der Waals surface area contributed by atoms with Gasteiger partial charge < -0.3 is 0 Å². The van der Waals surface area contributed by atoms with Crippen molar-refractivity contribution >= 4 is 38.2 Å². The van der Waals surface area contributed by atoms with Gasteiger partial charge in [0, 0.05) is 16.1 Å². The summed E-state index contributed by atoms with van der Waals surface area (Å²) < 4.78 is 27.4. The van der Waals surface area contributed by atoms with Crippen LogP contribution in [0.4, 0.5) is 5.82 Å². The van der Waals surface area contributed by atoms with Gasteiger partial charge in [-0.05, 0) is 42.6 Å². The highest BCUT2D eigenvalue weighted by Gasteiger charge is 2.15. The zero-order valence-corrected chi connectivity index (χ0v) is 13.3. The molecule has 0 atom stereocenters. The topological polar surface area (TPSA) is 59.1 Å². The highest BCUT2D eigenvalue weighted by Crippen LogP contribution is 2.26. The van der Waals surface area contributed by atoms with Crippen LogP contribution in [0.1, 0.15) is 5.69 Å². The molecule has 1 N–H and O–H groups in total. The van der Waals surface area contributed by atoms with E-state index in [0.29, 0.717) is 10.8 Å². The van der Waals surface area contributed by atoms with Gasteiger partial charge in [0.05, 0.1) is 4.90 Å². The van der Waals surface area contributed by atoms with Crippen molar-refractivity contribution in [2.75, 3.05) is 4.72 Å². The molecule has 22 heavy (non-hydrogen) atoms. The van der Waals surface area contributed by atoms with E-state index < -0.39 is 10.0 Å². The number of halogens is 1. The summed E-state index contributed by atoms with van der Waals surface area (Å²) in [6.45, 7) is 1.80. The van der Waals surface area contributed by atoms with Crippen LogP contribution in [0.5, 0.6) is 0 Å². The number of benzene rings is 2. The average molecular weight is 333 g/mol. The van der Waals surface area contributed by atoms with Crippen molar-refractivity contribution in [2.45, 2.75) is 11.8 Å². The molecule has 0 aliphatic carbocycles. The second kappa shape index (κ2) is 5.59. The maximum Gasteiger partial charge on any atom is 0.263 e. The Kier molecular flexibility index (Phi) is 3.76. The summed E-state index contributed by atoms with van der Waals surface area (Å²) in [6.07, 6.45) is 0. The smallest absolute Gasteiger partial charge is 0.263 e. The SMILES string of the molecule is Cc1cccc(NS(=O)(=O)c2ccc3c(Cl)cccc3c2)n1. The van der Waals surface area contributed by atoms with Gasteiger partial charge in [0.25, 0.3) is 10.0 Å². The highest BCUT2D eigenvalue weighted by atomic mass is 35.5. The van der Waals surface area contributed by atoms with E-state index in [-0.39, 0.29) is 4.90 Å². The molecule has 4 nitrogen and oxygen atoms in total. The number of hydrogen-bond donors (Lipinski definition) is 1. The first kappa shape index (κ1) is 14.8. The minimum Gasteiger partial charge on any atom is -0.263 e. The molecule has 0 amide bonds. The number of sulfonamides is 1. The van der Waals surface area contributed by atoms with Gasteiger partial charge in [-0.25, -0.2) is 13.4 Å². The summed E-state index contributed by atoms with van der Waals surface area (Å²) in [5, 5.41) is 2.18. The molecule has 0 radical (unpaired) electrons. The first-order valence-electron chi connectivity index (χ1n) is 6.60. The Bertz CT molecular complexity index is 955. The summed E-state index contributed by atoms with van der Waals surface area (Å²) in [5.41, 5.74) is 0.741. The van der Waals surface area contributed by atoms with Crippen molar-refractivity contribution in [3.8, 4) is 0 Å². The fourth-order valence-corrected chi connectivity index (χ4v) is 3.47. The van der Waals surface area contributed by atoms with Crippen LogP contribution in [0.3, 0.4) is 0 Å². The summed E-state index contributed by atoms with van der Waals surface area (Å²) >= 11 is 6.10. The molecule has 0 saturated heterocycles. The zero-order valence-electron chi connectivity index (χ0n) is 11.7. The first-order valence-corrected chi connectivity index (χ1v) is 8.46. The maximum absolute atomic E-state index is 12.5. The minimum absolute atomic E-state index is 0.172. The quantitative estimate of drug-likeness (QED) is 0.788. The van der Waals surface area contributed by atoms with Crippen LogP contribution in [0.2, 0.25) is 5.02 Å². The van der Waals surface area contributed by atoms with Crippen molar-refractivity contribution in [1.29, 1.82) is 0 Å². The number of aryl methyl sites for hydroxylation is 1. The molecule has 112 valence electrons. The van der Waals surface area contributed by atoms with Crippen LogP contribution in [0, 0.1) is 6.92 Å². The van der Waals surface area contributed by atoms with Crippen LogP contribution >= 0.6 is 11.6 Å². The molecule has 1 heterocycles. The molecule has 0 spiro atoms. The number of fused-ring (bicyclic) bond motifs is 1. The van der Waals surface area contributed by atoms with Gasteiger partial charge in [-0.15, -0.1) is 0 Å². The van der Waals surface area contributed by atoms with E-state index in [0.717, 1.165) is 16.5 Å². The van der Waals surface area contributed by atoms with E-state index >= 15 is 0 Å². The van der Waals surface area contributed by atoms with Crippen LogP contribution in [0.15, 0.2) is 59.5 Å². The van der Waals surface area contributed by atoms with Crippen molar-refractivity contribution < 1.29 is 8.42 Å². The monoisotopic (exact) mass is 332 g/mol. The number of pyridine rings is 1. The Morgan fingerprint density at radius 2 is 1.82 bits per heavy atom. The second-order valence-corrected chi connectivity index (χ2v) is 6.98. The van der Waals surface area contributed by atoms with Gasteiger partial charge >= 0.3 is 0 Å². The molecule has 0 saturated carbocycles. The molecule has 0 aliphatic heterocycles. The van der Waals surface area contributed by atoms with Gasteiger partial charge in [0.1, 0.15) is 5.82 Å². The lowest BCUT2D eigenvalue weighted by Gasteiger charge is -2.09. The molecule has 0 bridgehead atoms. The van der Waals surface area contributed by atoms with Gasteiger partial charge in [0.15, 0.2) is 0 Å². The van der Waals surface area contributed by atoms with E-state index in [1.807, 2.05) is 6.07 Å². The molecule has 0 fully saturated rings. The van der Waals surface area contributed by atoms with Crippen molar-refractivity contribution in [3.63, 3.8) is 0 Å². The van der Waals surface area contributed by atoms with Crippen LogP contribution in [0.25, 0.3) is 10.8 Å². The average Bonchev–Trinajstić information content (AvgIpc) is 2.47. The van der Waals surface area contributed by atoms with Gasteiger partial charge in [-0.3, -0.25) is 4.72 Å². The number of aromatic nitrogens is 1. The Hall–Kier alpha value is -2.11. The van der Waals surface area contributed by atoms with E-state index in [9.17, 15) is 8.42 Å². The first-order chi connectivity index (χ1) is 10.5. The van der Waals surface area contributed by atoms with Crippen LogP contribution in [-0.2, 0) is 10.0 Å². The molecule has 6 heteroatoms. The third-order valence-corrected chi connectivity index (χ3v) is 4.92. The molecule has 2 aromatic carbocycles. The number of rotatable bonds is 3. The normalized spacial score (nSPS) is 11.5. The van der Waals surface area contributed by atoms with E-state index in [1.165, 1.54) is 6.07 Å². The summed E-state index contributed by atoms with van der Waals surface area (Å²) in [7, 11) is -3.69. The second-order valence-electron chi connectivity index (χ2n) is 4.89. The number of nitrogens with zero attached hydrogens (tertiary/aromatic N) is 1. The number of nitrogens with one attached hydrogen (secondary N) is 1. The number of anilines is 1. The van der Waals surface area contributed by atoms with Crippen LogP contribution < -0.4 is 4.72 Å². The predicted molar refractivity (Wildman–Crippen MR) is 88.7 cm³/mol. The Morgan fingerprint density at radius 1 is 1.05 bits per heavy atom. The Morgan fingerprint density at radius 3 is 2.59 bits per heavy atom. The van der Waals surface area contributed by atoms with E-state index in [1.54, 1.807) is 49.4 Å². The third-order valence-electron chi connectivity index (χ3n) is 3.24. The third kappa shape index (κ3) is 2.91. The van der Waals surface area contributed by atoms with Crippen LogP contribution in [-0.4, -0.2) is 13.4 Å². The predicted octanol–water partition coefficient (Wildman–Crippen LogP) is 4.00. The summed E-state index contributed by atoms with van der Waals surface area (Å²) in [6, 6.07) is 15.4. The number of hydrogen-bond acceptors (Lipinski definition) is 3. The lowest BCUT2D eigenvalue weighted by Crippen LogP contribution is -2.14. The highest BCUT2D eigenvalue weighted by molar-refractivity contribution is 7.92. The van der Waals surface area contributed by atoms with Gasteiger partial charge in [-0.1, -0.05) is 35.9 Å².